The molecule has 0 radical (unpaired) electrons. The number of carbonyl (C=O) groups excluding carboxylic acids is 1. The fourth-order valence-corrected chi connectivity index (χ4v) is 4.97. The molecule has 196 valence electrons. The number of hydrogen-bond donors (Lipinski definition) is 2. The van der Waals surface area contributed by atoms with Crippen LogP contribution in [0.5, 0.6) is 5.75 Å². The van der Waals surface area contributed by atoms with Crippen LogP contribution in [0.3, 0.4) is 0 Å². The second kappa shape index (κ2) is 9.63. The molecule has 1 aliphatic heterocycles. The third kappa shape index (κ3) is 4.42. The van der Waals surface area contributed by atoms with Crippen molar-refractivity contribution in [3.8, 4) is 5.75 Å². The van der Waals surface area contributed by atoms with Gasteiger partial charge in [-0.05, 0) is 80.0 Å². The van der Waals surface area contributed by atoms with Gasteiger partial charge in [0.05, 0.1) is 6.61 Å². The van der Waals surface area contributed by atoms with Crippen molar-refractivity contribution < 1.29 is 22.7 Å². The van der Waals surface area contributed by atoms with Crippen molar-refractivity contribution in [3.05, 3.63) is 72.0 Å². The van der Waals surface area contributed by atoms with Gasteiger partial charge >= 0.3 is 6.18 Å². The smallest absolute Gasteiger partial charge is 0.451 e. The monoisotopic (exact) mass is 541 g/mol. The van der Waals surface area contributed by atoms with Crippen molar-refractivity contribution in [2.75, 3.05) is 16.4 Å². The van der Waals surface area contributed by atoms with E-state index in [0.717, 1.165) is 23.1 Å². The van der Waals surface area contributed by atoms with Crippen LogP contribution in [-0.4, -0.2) is 49.9 Å². The standard InChI is InChI=1S/C25H22F3N7O2S/c26-25(27,28)21(30)35-19(29)9-10-20(32-35)33-22(36)24(12-3-13-24)34(23(33)38)17-5-7-18(8-6-17)37-15-11-16-4-1-2-14-31-16/h1-2,4-10,14,29-30H,3,11-13,15H2. The van der Waals surface area contributed by atoms with Crippen LogP contribution in [0.25, 0.3) is 0 Å². The first-order valence-corrected chi connectivity index (χ1v) is 12.2. The first-order valence-electron chi connectivity index (χ1n) is 11.7. The van der Waals surface area contributed by atoms with Crippen molar-refractivity contribution >= 4 is 40.6 Å². The molecule has 2 N–H and O–H groups in total. The zero-order valence-corrected chi connectivity index (χ0v) is 20.7. The third-order valence-electron chi connectivity index (χ3n) is 6.57. The summed E-state index contributed by atoms with van der Waals surface area (Å²) in [6, 6.07) is 15.1. The van der Waals surface area contributed by atoms with Gasteiger partial charge in [0, 0.05) is 24.0 Å². The summed E-state index contributed by atoms with van der Waals surface area (Å²) in [6.45, 7) is 0.430. The second-order valence-corrected chi connectivity index (χ2v) is 9.26. The molecule has 1 amide bonds. The number of hydrogen-bond acceptors (Lipinski definition) is 7. The summed E-state index contributed by atoms with van der Waals surface area (Å²) in [5, 5.41) is 19.0. The molecule has 1 spiro atoms. The highest BCUT2D eigenvalue weighted by Crippen LogP contribution is 2.47. The van der Waals surface area contributed by atoms with Gasteiger partial charge in [-0.2, -0.15) is 17.9 Å². The Bertz CT molecular complexity index is 1450. The number of carbonyl (C=O) groups is 1. The zero-order chi connectivity index (χ0) is 27.1. The van der Waals surface area contributed by atoms with Gasteiger partial charge in [0.25, 0.3) is 5.91 Å². The number of halogens is 3. The Hall–Kier alpha value is -4.13. The molecular weight excluding hydrogens is 519 g/mol. The maximum Gasteiger partial charge on any atom is 0.451 e. The lowest BCUT2D eigenvalue weighted by Crippen LogP contribution is -2.55. The second-order valence-electron chi connectivity index (χ2n) is 8.89. The summed E-state index contributed by atoms with van der Waals surface area (Å²) in [7, 11) is 0. The average molecular weight is 542 g/mol. The van der Waals surface area contributed by atoms with Crippen LogP contribution in [0.4, 0.5) is 24.7 Å². The Labute approximate surface area is 220 Å². The molecule has 0 unspecified atom stereocenters. The molecule has 1 aliphatic carbocycles. The number of pyridine rings is 1. The molecule has 1 aromatic carbocycles. The molecule has 2 aromatic heterocycles. The van der Waals surface area contributed by atoms with Crippen LogP contribution in [0, 0.1) is 10.8 Å². The molecule has 3 aromatic rings. The van der Waals surface area contributed by atoms with Gasteiger partial charge in [0.2, 0.25) is 5.84 Å². The minimum Gasteiger partial charge on any atom is -0.493 e. The van der Waals surface area contributed by atoms with E-state index in [1.54, 1.807) is 35.4 Å². The molecule has 1 saturated heterocycles. The van der Waals surface area contributed by atoms with Crippen molar-refractivity contribution in [3.63, 3.8) is 0 Å². The molecule has 0 atom stereocenters. The fraction of sp³-hybridized carbons (Fsp3) is 0.280. The summed E-state index contributed by atoms with van der Waals surface area (Å²) in [4.78, 5) is 20.7. The Morgan fingerprint density at radius 1 is 1.11 bits per heavy atom. The van der Waals surface area contributed by atoms with E-state index >= 15 is 0 Å². The number of rotatable bonds is 6. The molecule has 3 heterocycles. The van der Waals surface area contributed by atoms with Crippen molar-refractivity contribution in [2.24, 2.45) is 0 Å². The van der Waals surface area contributed by atoms with E-state index in [-0.39, 0.29) is 15.6 Å². The van der Waals surface area contributed by atoms with E-state index in [2.05, 4.69) is 10.1 Å². The van der Waals surface area contributed by atoms with E-state index in [1.165, 1.54) is 6.07 Å². The number of benzene rings is 1. The minimum atomic E-state index is -5.02. The predicted octanol–water partition coefficient (Wildman–Crippen LogP) is 3.83. The van der Waals surface area contributed by atoms with Crippen LogP contribution in [-0.2, 0) is 11.2 Å². The van der Waals surface area contributed by atoms with Crippen LogP contribution in [0.1, 0.15) is 25.0 Å². The first-order chi connectivity index (χ1) is 18.1. The Kier molecular flexibility index (Phi) is 6.47. The van der Waals surface area contributed by atoms with Crippen molar-refractivity contribution in [1.29, 1.82) is 10.8 Å². The molecular formula is C25H22F3N7O2S. The van der Waals surface area contributed by atoms with Gasteiger partial charge in [0.1, 0.15) is 16.8 Å². The minimum absolute atomic E-state index is 0.0637. The van der Waals surface area contributed by atoms with Gasteiger partial charge in [-0.3, -0.25) is 20.6 Å². The third-order valence-corrected chi connectivity index (χ3v) is 6.94. The summed E-state index contributed by atoms with van der Waals surface area (Å²) in [5.74, 6) is -1.80. The highest BCUT2D eigenvalue weighted by molar-refractivity contribution is 7.81. The van der Waals surface area contributed by atoms with E-state index in [4.69, 9.17) is 27.8 Å². The van der Waals surface area contributed by atoms with E-state index in [9.17, 15) is 18.0 Å². The lowest BCUT2D eigenvalue weighted by molar-refractivity contribution is -0.123. The van der Waals surface area contributed by atoms with Crippen LogP contribution < -0.4 is 20.0 Å². The largest absolute Gasteiger partial charge is 0.493 e. The zero-order valence-electron chi connectivity index (χ0n) is 19.9. The average Bonchev–Trinajstić information content (AvgIpc) is 3.11. The number of nitrogens with zero attached hydrogens (tertiary/aromatic N) is 5. The summed E-state index contributed by atoms with van der Waals surface area (Å²) in [5.41, 5.74) is -0.0729. The predicted molar refractivity (Wildman–Crippen MR) is 136 cm³/mol. The maximum absolute atomic E-state index is 13.6. The molecule has 2 fully saturated rings. The SMILES string of the molecule is N=C(n1nc(N2C(=O)C3(CCC3)N(c3ccc(OCCc4ccccn4)cc3)C2=S)ccc1=N)C(F)(F)F. The first kappa shape index (κ1) is 25.5. The molecule has 13 heteroatoms. The van der Waals surface area contributed by atoms with E-state index in [1.807, 2.05) is 18.2 Å². The van der Waals surface area contributed by atoms with Crippen LogP contribution in [0.15, 0.2) is 60.8 Å². The Morgan fingerprint density at radius 2 is 1.84 bits per heavy atom. The lowest BCUT2D eigenvalue weighted by atomic mass is 9.75. The number of aromatic nitrogens is 3. The topological polar surface area (TPSA) is 111 Å². The van der Waals surface area contributed by atoms with E-state index in [0.29, 0.717) is 37.3 Å². The molecule has 2 aliphatic rings. The fourth-order valence-electron chi connectivity index (χ4n) is 4.52. The number of nitrogens with one attached hydrogen (secondary N) is 2. The highest BCUT2D eigenvalue weighted by Gasteiger charge is 2.60. The van der Waals surface area contributed by atoms with Gasteiger partial charge in [-0.15, -0.1) is 5.10 Å². The Balaban J connectivity index is 1.39. The van der Waals surface area contributed by atoms with Gasteiger partial charge in [-0.25, -0.2) is 4.90 Å². The van der Waals surface area contributed by atoms with E-state index < -0.39 is 28.9 Å². The molecule has 5 rings (SSSR count). The van der Waals surface area contributed by atoms with Crippen molar-refractivity contribution in [1.82, 2.24) is 14.8 Å². The lowest BCUT2D eigenvalue weighted by Gasteiger charge is -2.43. The number of thiocarbonyl (C=S) groups is 1. The normalized spacial score (nSPS) is 16.6. The molecule has 0 bridgehead atoms. The van der Waals surface area contributed by atoms with Gasteiger partial charge in [-0.1, -0.05) is 6.07 Å². The number of amides is 1. The quantitative estimate of drug-likeness (QED) is 0.279. The molecule has 1 saturated carbocycles. The summed E-state index contributed by atoms with van der Waals surface area (Å²) >= 11 is 5.65. The Morgan fingerprint density at radius 3 is 2.45 bits per heavy atom. The van der Waals surface area contributed by atoms with Crippen LogP contribution in [0.2, 0.25) is 0 Å². The highest BCUT2D eigenvalue weighted by atomic mass is 32.1. The van der Waals surface area contributed by atoms with Crippen LogP contribution >= 0.6 is 12.2 Å². The van der Waals surface area contributed by atoms with Gasteiger partial charge in [0.15, 0.2) is 10.9 Å². The summed E-state index contributed by atoms with van der Waals surface area (Å²) in [6.07, 6.45) is -0.850. The summed E-state index contributed by atoms with van der Waals surface area (Å²) < 4.78 is 45.4. The van der Waals surface area contributed by atoms with Crippen molar-refractivity contribution in [2.45, 2.75) is 37.4 Å². The van der Waals surface area contributed by atoms with Gasteiger partial charge < -0.3 is 9.64 Å². The molecule has 9 nitrogen and oxygen atoms in total. The number of anilines is 2. The number of alkyl halides is 3. The number of ether oxygens (including phenoxy) is 1. The molecule has 38 heavy (non-hydrogen) atoms. The maximum atomic E-state index is 13.6.